The van der Waals surface area contributed by atoms with E-state index in [1.165, 1.54) is 0 Å². The van der Waals surface area contributed by atoms with Crippen LogP contribution in [-0.4, -0.2) is 11.3 Å². The third-order valence-electron chi connectivity index (χ3n) is 1.46. The van der Waals surface area contributed by atoms with Crippen LogP contribution in [0.5, 0.6) is 0 Å². The molecule has 0 heterocycles. The molecule has 1 atom stereocenters. The SMILES string of the molecule is CCCC[P+](=O)C(C)(C)C. The van der Waals surface area contributed by atoms with Crippen LogP contribution in [0.1, 0.15) is 40.5 Å². The van der Waals surface area contributed by atoms with Gasteiger partial charge in [-0.25, -0.2) is 0 Å². The summed E-state index contributed by atoms with van der Waals surface area (Å²) in [6, 6.07) is 0. The molecule has 0 radical (unpaired) electrons. The van der Waals surface area contributed by atoms with E-state index in [9.17, 15) is 4.57 Å². The van der Waals surface area contributed by atoms with Crippen molar-refractivity contribution in [2.24, 2.45) is 0 Å². The van der Waals surface area contributed by atoms with E-state index in [2.05, 4.69) is 6.92 Å². The summed E-state index contributed by atoms with van der Waals surface area (Å²) in [4.78, 5) is 0. The Morgan fingerprint density at radius 1 is 1.30 bits per heavy atom. The quantitative estimate of drug-likeness (QED) is 0.579. The van der Waals surface area contributed by atoms with Crippen LogP contribution in [0.4, 0.5) is 0 Å². The Balaban J connectivity index is 3.64. The Labute approximate surface area is 65.0 Å². The zero-order chi connectivity index (χ0) is 8.20. The first-order chi connectivity index (χ1) is 4.48. The molecule has 0 saturated heterocycles. The van der Waals surface area contributed by atoms with E-state index in [0.717, 1.165) is 19.0 Å². The third kappa shape index (κ3) is 4.00. The van der Waals surface area contributed by atoms with Crippen molar-refractivity contribution in [1.29, 1.82) is 0 Å². The normalized spacial score (nSPS) is 13.4. The second-order valence-electron chi connectivity index (χ2n) is 3.63. The molecular formula is C8H18OP+. The Hall–Kier alpha value is 0.100. The van der Waals surface area contributed by atoms with E-state index in [1.807, 2.05) is 20.8 Å². The van der Waals surface area contributed by atoms with Gasteiger partial charge in [-0.15, -0.1) is 0 Å². The van der Waals surface area contributed by atoms with E-state index in [-0.39, 0.29) is 5.16 Å². The molecule has 0 aromatic carbocycles. The summed E-state index contributed by atoms with van der Waals surface area (Å²) in [5.74, 6) is 0. The lowest BCUT2D eigenvalue weighted by Crippen LogP contribution is -2.08. The van der Waals surface area contributed by atoms with Crippen molar-refractivity contribution in [2.75, 3.05) is 6.16 Å². The predicted octanol–water partition coefficient (Wildman–Crippen LogP) is 3.41. The first kappa shape index (κ1) is 10.1. The molecular weight excluding hydrogens is 143 g/mol. The van der Waals surface area contributed by atoms with Gasteiger partial charge in [0.2, 0.25) is 0 Å². The summed E-state index contributed by atoms with van der Waals surface area (Å²) in [5.41, 5.74) is 0. The fourth-order valence-corrected chi connectivity index (χ4v) is 1.91. The van der Waals surface area contributed by atoms with Gasteiger partial charge in [-0.05, 0) is 27.2 Å². The molecule has 0 aliphatic heterocycles. The highest BCUT2D eigenvalue weighted by Crippen LogP contribution is 2.38. The maximum atomic E-state index is 11.4. The summed E-state index contributed by atoms with van der Waals surface area (Å²) in [7, 11) is -0.977. The van der Waals surface area contributed by atoms with Gasteiger partial charge in [0.1, 0.15) is 6.16 Å². The van der Waals surface area contributed by atoms with Gasteiger partial charge in [0.05, 0.1) is 0 Å². The van der Waals surface area contributed by atoms with Crippen LogP contribution in [0.25, 0.3) is 0 Å². The summed E-state index contributed by atoms with van der Waals surface area (Å²) in [6.45, 7) is 8.26. The molecule has 10 heavy (non-hydrogen) atoms. The molecule has 0 spiro atoms. The summed E-state index contributed by atoms with van der Waals surface area (Å²) >= 11 is 0. The third-order valence-corrected chi connectivity index (χ3v) is 3.68. The fraction of sp³-hybridized carbons (Fsp3) is 1.00. The van der Waals surface area contributed by atoms with Crippen LogP contribution < -0.4 is 0 Å². The number of unbranched alkanes of at least 4 members (excludes halogenated alkanes) is 1. The minimum atomic E-state index is -0.977. The van der Waals surface area contributed by atoms with Gasteiger partial charge in [0.25, 0.3) is 0 Å². The maximum Gasteiger partial charge on any atom is 0.344 e. The van der Waals surface area contributed by atoms with Crippen LogP contribution in [0.3, 0.4) is 0 Å². The fourth-order valence-electron chi connectivity index (χ4n) is 0.637. The van der Waals surface area contributed by atoms with Crippen molar-refractivity contribution in [2.45, 2.75) is 45.7 Å². The van der Waals surface area contributed by atoms with Crippen LogP contribution in [0, 0.1) is 0 Å². The molecule has 0 aromatic heterocycles. The van der Waals surface area contributed by atoms with Crippen molar-refractivity contribution in [1.82, 2.24) is 0 Å². The number of hydrogen-bond acceptors (Lipinski definition) is 1. The Morgan fingerprint density at radius 2 is 1.80 bits per heavy atom. The van der Waals surface area contributed by atoms with Gasteiger partial charge in [-0.3, -0.25) is 0 Å². The molecule has 0 aliphatic carbocycles. The summed E-state index contributed by atoms with van der Waals surface area (Å²) < 4.78 is 11.4. The van der Waals surface area contributed by atoms with E-state index >= 15 is 0 Å². The minimum absolute atomic E-state index is 0.0184. The van der Waals surface area contributed by atoms with Crippen LogP contribution in [-0.2, 0) is 4.57 Å². The van der Waals surface area contributed by atoms with Gasteiger partial charge in [0.15, 0.2) is 5.16 Å². The average Bonchev–Trinajstić information content (AvgIpc) is 1.80. The van der Waals surface area contributed by atoms with Gasteiger partial charge in [-0.1, -0.05) is 17.9 Å². The largest absolute Gasteiger partial charge is 0.344 e. The Bertz CT molecular complexity index is 113. The molecule has 0 bridgehead atoms. The monoisotopic (exact) mass is 161 g/mol. The molecule has 0 aliphatic rings. The van der Waals surface area contributed by atoms with Crippen molar-refractivity contribution in [3.63, 3.8) is 0 Å². The zero-order valence-corrected chi connectivity index (χ0v) is 8.37. The highest BCUT2D eigenvalue weighted by Gasteiger charge is 2.32. The Morgan fingerprint density at radius 3 is 2.10 bits per heavy atom. The summed E-state index contributed by atoms with van der Waals surface area (Å²) in [5, 5.41) is 0.0184. The first-order valence-electron chi connectivity index (χ1n) is 3.93. The topological polar surface area (TPSA) is 17.1 Å². The summed E-state index contributed by atoms with van der Waals surface area (Å²) in [6.07, 6.45) is 3.15. The zero-order valence-electron chi connectivity index (χ0n) is 7.48. The molecule has 0 fully saturated rings. The highest BCUT2D eigenvalue weighted by molar-refractivity contribution is 7.46. The van der Waals surface area contributed by atoms with Crippen LogP contribution in [0.15, 0.2) is 0 Å². The molecule has 60 valence electrons. The lowest BCUT2D eigenvalue weighted by atomic mass is 10.3. The predicted molar refractivity (Wildman–Crippen MR) is 47.1 cm³/mol. The Kier molecular flexibility index (Phi) is 4.12. The van der Waals surface area contributed by atoms with Gasteiger partial charge in [-0.2, -0.15) is 0 Å². The van der Waals surface area contributed by atoms with E-state index in [0.29, 0.717) is 0 Å². The van der Waals surface area contributed by atoms with Crippen LogP contribution >= 0.6 is 7.80 Å². The molecule has 0 saturated carbocycles. The van der Waals surface area contributed by atoms with Gasteiger partial charge >= 0.3 is 7.80 Å². The maximum absolute atomic E-state index is 11.4. The van der Waals surface area contributed by atoms with Gasteiger partial charge < -0.3 is 0 Å². The molecule has 1 unspecified atom stereocenters. The molecule has 0 rings (SSSR count). The second-order valence-corrected chi connectivity index (χ2v) is 6.17. The molecule has 0 N–H and O–H groups in total. The minimum Gasteiger partial charge on any atom is -0.0742 e. The average molecular weight is 161 g/mol. The lowest BCUT2D eigenvalue weighted by Gasteiger charge is -2.03. The van der Waals surface area contributed by atoms with E-state index in [1.54, 1.807) is 0 Å². The van der Waals surface area contributed by atoms with Crippen molar-refractivity contribution < 1.29 is 4.57 Å². The van der Waals surface area contributed by atoms with Crippen molar-refractivity contribution in [3.05, 3.63) is 0 Å². The van der Waals surface area contributed by atoms with E-state index in [4.69, 9.17) is 0 Å². The van der Waals surface area contributed by atoms with Crippen LogP contribution in [0.2, 0.25) is 0 Å². The van der Waals surface area contributed by atoms with Crippen molar-refractivity contribution in [3.8, 4) is 0 Å². The standard InChI is InChI=1S/C8H18OP/c1-5-6-7-10(9)8(2,3)4/h5-7H2,1-4H3/q+1. The van der Waals surface area contributed by atoms with E-state index < -0.39 is 7.80 Å². The molecule has 2 heteroatoms. The molecule has 0 aromatic rings. The van der Waals surface area contributed by atoms with Gasteiger partial charge in [0, 0.05) is 0 Å². The molecule has 0 amide bonds. The first-order valence-corrected chi connectivity index (χ1v) is 5.37. The second kappa shape index (κ2) is 4.08. The smallest absolute Gasteiger partial charge is 0.0742 e. The lowest BCUT2D eigenvalue weighted by molar-refractivity contribution is 0.562. The number of hydrogen-bond donors (Lipinski definition) is 0. The highest BCUT2D eigenvalue weighted by atomic mass is 31.1. The number of rotatable bonds is 3. The van der Waals surface area contributed by atoms with Crippen molar-refractivity contribution >= 4 is 7.80 Å². The molecule has 1 nitrogen and oxygen atoms in total.